The summed E-state index contributed by atoms with van der Waals surface area (Å²) in [7, 11) is 0. The molecule has 2 rings (SSSR count). The molecule has 1 aliphatic heterocycles. The Morgan fingerprint density at radius 2 is 2.12 bits per heavy atom. The molecule has 0 bridgehead atoms. The predicted molar refractivity (Wildman–Crippen MR) is 66.5 cm³/mol. The third kappa shape index (κ3) is 2.53. The minimum absolute atomic E-state index is 0.214. The summed E-state index contributed by atoms with van der Waals surface area (Å²) >= 11 is 0. The largest absolute Gasteiger partial charge is 0.381 e. The van der Waals surface area contributed by atoms with Crippen molar-refractivity contribution in [3.63, 3.8) is 0 Å². The van der Waals surface area contributed by atoms with Crippen LogP contribution < -0.4 is 5.73 Å². The van der Waals surface area contributed by atoms with Crippen LogP contribution in [0, 0.1) is 5.41 Å². The summed E-state index contributed by atoms with van der Waals surface area (Å²) in [6.07, 6.45) is 5.55. The van der Waals surface area contributed by atoms with E-state index < -0.39 is 0 Å². The van der Waals surface area contributed by atoms with E-state index >= 15 is 0 Å². The number of hydrogen-bond acceptors (Lipinski definition) is 3. The number of nitrogens with two attached hydrogens (primary N) is 1. The zero-order valence-electron chi connectivity index (χ0n) is 10.4. The topological polar surface area (TPSA) is 55.6 Å². The molecule has 0 aromatic heterocycles. The third-order valence-electron chi connectivity index (χ3n) is 3.87. The molecule has 1 saturated heterocycles. The van der Waals surface area contributed by atoms with E-state index in [4.69, 9.17) is 10.5 Å². The molecule has 0 atom stereocenters. The summed E-state index contributed by atoms with van der Waals surface area (Å²) in [5, 5.41) is 0. The van der Waals surface area contributed by atoms with Gasteiger partial charge in [-0.3, -0.25) is 4.79 Å². The van der Waals surface area contributed by atoms with E-state index in [-0.39, 0.29) is 11.3 Å². The van der Waals surface area contributed by atoms with E-state index in [2.05, 4.69) is 6.58 Å². The van der Waals surface area contributed by atoms with Crippen LogP contribution in [-0.4, -0.2) is 43.2 Å². The summed E-state index contributed by atoms with van der Waals surface area (Å²) < 4.78 is 5.35. The first kappa shape index (κ1) is 12.6. The van der Waals surface area contributed by atoms with Gasteiger partial charge in [0, 0.05) is 32.3 Å². The molecule has 4 nitrogen and oxygen atoms in total. The van der Waals surface area contributed by atoms with Crippen molar-refractivity contribution in [2.45, 2.75) is 31.7 Å². The number of ether oxygens (including phenoxy) is 1. The molecule has 2 N–H and O–H groups in total. The highest BCUT2D eigenvalue weighted by molar-refractivity contribution is 5.84. The molecule has 0 radical (unpaired) electrons. The maximum absolute atomic E-state index is 12.7. The third-order valence-corrected chi connectivity index (χ3v) is 3.87. The standard InChI is InChI=1S/C13H22N2O2/c1-2-7-15(11-3-4-11)12(16)13(10-14)5-8-17-9-6-13/h2,11H,1,3-10,14H2. The van der Waals surface area contributed by atoms with Crippen molar-refractivity contribution in [3.8, 4) is 0 Å². The molecule has 0 aromatic rings. The van der Waals surface area contributed by atoms with Crippen molar-refractivity contribution >= 4 is 5.91 Å². The van der Waals surface area contributed by atoms with E-state index in [1.807, 2.05) is 4.90 Å². The van der Waals surface area contributed by atoms with Crippen molar-refractivity contribution in [1.82, 2.24) is 4.90 Å². The minimum atomic E-state index is -0.385. The fourth-order valence-electron chi connectivity index (χ4n) is 2.50. The smallest absolute Gasteiger partial charge is 0.230 e. The van der Waals surface area contributed by atoms with Gasteiger partial charge >= 0.3 is 0 Å². The maximum atomic E-state index is 12.7. The molecule has 17 heavy (non-hydrogen) atoms. The van der Waals surface area contributed by atoms with Crippen LogP contribution in [0.4, 0.5) is 0 Å². The summed E-state index contributed by atoms with van der Waals surface area (Å²) in [6.45, 7) is 6.10. The van der Waals surface area contributed by atoms with Crippen molar-refractivity contribution in [2.24, 2.45) is 11.1 Å². The lowest BCUT2D eigenvalue weighted by Gasteiger charge is -2.38. The monoisotopic (exact) mass is 238 g/mol. The van der Waals surface area contributed by atoms with Gasteiger partial charge in [-0.1, -0.05) is 6.08 Å². The zero-order chi connectivity index (χ0) is 12.3. The van der Waals surface area contributed by atoms with Crippen LogP contribution in [0.15, 0.2) is 12.7 Å². The number of hydrogen-bond donors (Lipinski definition) is 1. The fourth-order valence-corrected chi connectivity index (χ4v) is 2.50. The molecule has 96 valence electrons. The number of amides is 1. The zero-order valence-corrected chi connectivity index (χ0v) is 10.4. The minimum Gasteiger partial charge on any atom is -0.381 e. The molecule has 1 aliphatic carbocycles. The van der Waals surface area contributed by atoms with E-state index in [1.54, 1.807) is 6.08 Å². The first-order chi connectivity index (χ1) is 8.23. The highest BCUT2D eigenvalue weighted by Crippen LogP contribution is 2.36. The summed E-state index contributed by atoms with van der Waals surface area (Å²) in [6, 6.07) is 0.423. The average molecular weight is 238 g/mol. The van der Waals surface area contributed by atoms with Crippen molar-refractivity contribution in [3.05, 3.63) is 12.7 Å². The quantitative estimate of drug-likeness (QED) is 0.725. The van der Waals surface area contributed by atoms with Crippen LogP contribution in [0.3, 0.4) is 0 Å². The lowest BCUT2D eigenvalue weighted by atomic mass is 9.78. The molecular formula is C13H22N2O2. The second kappa shape index (κ2) is 5.19. The van der Waals surface area contributed by atoms with Gasteiger partial charge in [0.2, 0.25) is 5.91 Å². The SMILES string of the molecule is C=CCN(C(=O)C1(CN)CCOCC1)C1CC1. The fraction of sp³-hybridized carbons (Fsp3) is 0.769. The van der Waals surface area contributed by atoms with Crippen molar-refractivity contribution in [2.75, 3.05) is 26.3 Å². The number of carbonyl (C=O) groups excluding carboxylic acids is 1. The van der Waals surface area contributed by atoms with Gasteiger partial charge in [0.15, 0.2) is 0 Å². The Hall–Kier alpha value is -0.870. The molecule has 2 aliphatic rings. The Morgan fingerprint density at radius 3 is 2.59 bits per heavy atom. The lowest BCUT2D eigenvalue weighted by Crippen LogP contribution is -2.51. The van der Waals surface area contributed by atoms with E-state index in [9.17, 15) is 4.79 Å². The van der Waals surface area contributed by atoms with Crippen LogP contribution >= 0.6 is 0 Å². The van der Waals surface area contributed by atoms with Crippen molar-refractivity contribution in [1.29, 1.82) is 0 Å². The summed E-state index contributed by atoms with van der Waals surface area (Å²) in [5.74, 6) is 0.214. The highest BCUT2D eigenvalue weighted by atomic mass is 16.5. The first-order valence-electron chi connectivity index (χ1n) is 6.43. The average Bonchev–Trinajstić information content (AvgIpc) is 3.20. The van der Waals surface area contributed by atoms with Crippen LogP contribution in [0.1, 0.15) is 25.7 Å². The first-order valence-corrected chi connectivity index (χ1v) is 6.43. The molecular weight excluding hydrogens is 216 g/mol. The number of rotatable bonds is 5. The molecule has 4 heteroatoms. The summed E-state index contributed by atoms with van der Waals surface area (Å²) in [4.78, 5) is 14.6. The second-order valence-electron chi connectivity index (χ2n) is 5.07. The molecule has 1 amide bonds. The van der Waals surface area contributed by atoms with Crippen LogP contribution in [-0.2, 0) is 9.53 Å². The van der Waals surface area contributed by atoms with Crippen LogP contribution in [0.25, 0.3) is 0 Å². The number of nitrogens with zero attached hydrogens (tertiary/aromatic N) is 1. The molecule has 2 fully saturated rings. The maximum Gasteiger partial charge on any atom is 0.230 e. The predicted octanol–water partition coefficient (Wildman–Crippen LogP) is 0.919. The Kier molecular flexibility index (Phi) is 3.84. The Labute approximate surface area is 103 Å². The van der Waals surface area contributed by atoms with Gasteiger partial charge in [0.25, 0.3) is 0 Å². The van der Waals surface area contributed by atoms with Crippen LogP contribution in [0.5, 0.6) is 0 Å². The van der Waals surface area contributed by atoms with Gasteiger partial charge in [-0.25, -0.2) is 0 Å². The van der Waals surface area contributed by atoms with Gasteiger partial charge in [-0.15, -0.1) is 6.58 Å². The van der Waals surface area contributed by atoms with Crippen molar-refractivity contribution < 1.29 is 9.53 Å². The van der Waals surface area contributed by atoms with Gasteiger partial charge in [-0.2, -0.15) is 0 Å². The van der Waals surface area contributed by atoms with E-state index in [0.29, 0.717) is 32.3 Å². The Balaban J connectivity index is 2.10. The molecule has 0 spiro atoms. The van der Waals surface area contributed by atoms with Gasteiger partial charge in [0.1, 0.15) is 0 Å². The van der Waals surface area contributed by atoms with Gasteiger partial charge < -0.3 is 15.4 Å². The summed E-state index contributed by atoms with van der Waals surface area (Å²) in [5.41, 5.74) is 5.48. The van der Waals surface area contributed by atoms with E-state index in [0.717, 1.165) is 25.7 Å². The van der Waals surface area contributed by atoms with E-state index in [1.165, 1.54) is 0 Å². The molecule has 0 unspecified atom stereocenters. The molecule has 0 aromatic carbocycles. The number of carbonyl (C=O) groups is 1. The highest BCUT2D eigenvalue weighted by Gasteiger charge is 2.44. The van der Waals surface area contributed by atoms with Gasteiger partial charge in [-0.05, 0) is 25.7 Å². The van der Waals surface area contributed by atoms with Crippen LogP contribution in [0.2, 0.25) is 0 Å². The Bertz CT molecular complexity index is 294. The lowest BCUT2D eigenvalue weighted by molar-refractivity contribution is -0.147. The Morgan fingerprint density at radius 1 is 1.47 bits per heavy atom. The molecule has 1 saturated carbocycles. The second-order valence-corrected chi connectivity index (χ2v) is 5.07. The van der Waals surface area contributed by atoms with Gasteiger partial charge in [0.05, 0.1) is 5.41 Å². The normalized spacial score (nSPS) is 23.1. The molecule has 1 heterocycles.